The molecule has 4 heteroatoms. The first kappa shape index (κ1) is 18.2. The number of aliphatic hydroxyl groups is 1. The molecular weight excluding hydrogens is 328 g/mol. The maximum absolute atomic E-state index is 11.4. The van der Waals surface area contributed by atoms with Crippen LogP contribution in [0.25, 0.3) is 0 Å². The van der Waals surface area contributed by atoms with Crippen LogP contribution in [0.15, 0.2) is 11.1 Å². The lowest BCUT2D eigenvalue weighted by Crippen LogP contribution is -2.57. The first-order chi connectivity index (χ1) is 11.4. The molecule has 0 aromatic rings. The maximum atomic E-state index is 11.4. The fourth-order valence-electron chi connectivity index (χ4n) is 5.45. The Balaban J connectivity index is 1.74. The Morgan fingerprint density at radius 3 is 2.40 bits per heavy atom. The van der Waals surface area contributed by atoms with Gasteiger partial charge in [0.1, 0.15) is 11.7 Å². The normalized spacial score (nSPS) is 44.4. The molecule has 0 unspecified atom stereocenters. The standard InChI is InChI=1S/C21H36O3Si/c1-13-8-11-15-17(13)18(22)21(14-9-10-14)12-16(20(15,5)24-21)23-25(6,7)19(2,3)4/h14-16,18,22H,8-12H2,1-7H3/t15-,16-,18+,20-,21+/m1/s1. The van der Waals surface area contributed by atoms with Crippen molar-refractivity contribution in [2.24, 2.45) is 11.8 Å². The van der Waals surface area contributed by atoms with Gasteiger partial charge in [-0.15, -0.1) is 0 Å². The fraction of sp³-hybridized carbons (Fsp3) is 0.905. The number of rotatable bonds is 3. The lowest BCUT2D eigenvalue weighted by Gasteiger charge is -2.49. The number of hydrogen-bond acceptors (Lipinski definition) is 3. The minimum absolute atomic E-state index is 0.108. The van der Waals surface area contributed by atoms with Gasteiger partial charge in [-0.2, -0.15) is 0 Å². The predicted molar refractivity (Wildman–Crippen MR) is 103 cm³/mol. The third-order valence-electron chi connectivity index (χ3n) is 8.19. The van der Waals surface area contributed by atoms with Crippen molar-refractivity contribution in [3.8, 4) is 0 Å². The second-order valence-corrected chi connectivity index (χ2v) is 15.6. The van der Waals surface area contributed by atoms with E-state index in [-0.39, 0.29) is 22.3 Å². The van der Waals surface area contributed by atoms with Gasteiger partial charge in [0.2, 0.25) is 0 Å². The van der Waals surface area contributed by atoms with Gasteiger partial charge in [0.25, 0.3) is 0 Å². The minimum atomic E-state index is -1.88. The van der Waals surface area contributed by atoms with Crippen LogP contribution in [0.4, 0.5) is 0 Å². The van der Waals surface area contributed by atoms with Gasteiger partial charge in [-0.3, -0.25) is 0 Å². The molecule has 0 aromatic carbocycles. The first-order valence-corrected chi connectivity index (χ1v) is 13.1. The third kappa shape index (κ3) is 2.40. The van der Waals surface area contributed by atoms with Crippen molar-refractivity contribution < 1.29 is 14.3 Å². The molecule has 0 amide bonds. The predicted octanol–water partition coefficient (Wildman–Crippen LogP) is 4.81. The van der Waals surface area contributed by atoms with E-state index in [0.717, 1.165) is 19.3 Å². The van der Waals surface area contributed by atoms with Gasteiger partial charge in [-0.05, 0) is 69.2 Å². The van der Waals surface area contributed by atoms with E-state index in [0.29, 0.717) is 11.8 Å². The van der Waals surface area contributed by atoms with Crippen LogP contribution in [0.3, 0.4) is 0 Å². The van der Waals surface area contributed by atoms with Crippen LogP contribution in [0, 0.1) is 11.8 Å². The van der Waals surface area contributed by atoms with Crippen molar-refractivity contribution in [3.05, 3.63) is 11.1 Å². The zero-order chi connectivity index (χ0) is 18.4. The fourth-order valence-corrected chi connectivity index (χ4v) is 6.83. The molecule has 0 radical (unpaired) electrons. The monoisotopic (exact) mass is 364 g/mol. The highest BCUT2D eigenvalue weighted by Gasteiger charge is 2.71. The maximum Gasteiger partial charge on any atom is 0.192 e. The van der Waals surface area contributed by atoms with Crippen LogP contribution in [-0.4, -0.2) is 36.8 Å². The molecule has 5 atom stereocenters. The number of aliphatic hydroxyl groups excluding tert-OH is 1. The summed E-state index contributed by atoms with van der Waals surface area (Å²) in [6, 6.07) is 0. The largest absolute Gasteiger partial charge is 0.411 e. The Kier molecular flexibility index (Phi) is 3.80. The van der Waals surface area contributed by atoms with Crippen molar-refractivity contribution in [3.63, 3.8) is 0 Å². The number of ether oxygens (including phenoxy) is 1. The molecule has 0 spiro atoms. The summed E-state index contributed by atoms with van der Waals surface area (Å²) in [6.45, 7) is 16.1. The van der Waals surface area contributed by atoms with E-state index < -0.39 is 14.4 Å². The average Bonchev–Trinajstić information content (AvgIpc) is 3.20. The number of allylic oxidation sites excluding steroid dienone is 1. The summed E-state index contributed by atoms with van der Waals surface area (Å²) in [5, 5.41) is 11.6. The van der Waals surface area contributed by atoms with Crippen molar-refractivity contribution in [1.82, 2.24) is 0 Å². The zero-order valence-electron chi connectivity index (χ0n) is 17.1. The molecule has 2 saturated heterocycles. The van der Waals surface area contributed by atoms with Crippen LogP contribution in [0.1, 0.15) is 66.7 Å². The van der Waals surface area contributed by atoms with E-state index in [1.54, 1.807) is 0 Å². The quantitative estimate of drug-likeness (QED) is 0.577. The molecule has 4 rings (SSSR count). The molecule has 1 N–H and O–H groups in total. The SMILES string of the molecule is CC1=C2[C@@H](CC1)[C@@]1(C)O[C@](C3CC3)(C[C@H]1O[Si](C)(C)C(C)(C)C)[C@H]2O. The van der Waals surface area contributed by atoms with E-state index >= 15 is 0 Å². The summed E-state index contributed by atoms with van der Waals surface area (Å²) in [4.78, 5) is 0. The average molecular weight is 365 g/mol. The molecule has 2 aliphatic heterocycles. The highest BCUT2D eigenvalue weighted by atomic mass is 28.4. The molecule has 3 nitrogen and oxygen atoms in total. The molecule has 4 aliphatic rings. The summed E-state index contributed by atoms with van der Waals surface area (Å²) in [5.41, 5.74) is 2.05. The summed E-state index contributed by atoms with van der Waals surface area (Å²) >= 11 is 0. The van der Waals surface area contributed by atoms with Gasteiger partial charge in [-0.1, -0.05) is 26.3 Å². The summed E-state index contributed by atoms with van der Waals surface area (Å²) in [7, 11) is -1.88. The Labute approximate surface area is 154 Å². The van der Waals surface area contributed by atoms with E-state index in [4.69, 9.17) is 9.16 Å². The van der Waals surface area contributed by atoms with Crippen LogP contribution in [0.5, 0.6) is 0 Å². The van der Waals surface area contributed by atoms with Crippen LogP contribution in [-0.2, 0) is 9.16 Å². The summed E-state index contributed by atoms with van der Waals surface area (Å²) in [5.74, 6) is 0.836. The van der Waals surface area contributed by atoms with E-state index in [2.05, 4.69) is 47.7 Å². The van der Waals surface area contributed by atoms with Crippen molar-refractivity contribution in [2.75, 3.05) is 0 Å². The smallest absolute Gasteiger partial charge is 0.192 e. The Morgan fingerprint density at radius 1 is 1.20 bits per heavy atom. The Morgan fingerprint density at radius 2 is 1.84 bits per heavy atom. The number of fused-ring (bicyclic) bond motifs is 4. The van der Waals surface area contributed by atoms with Crippen molar-refractivity contribution in [1.29, 1.82) is 0 Å². The van der Waals surface area contributed by atoms with Crippen LogP contribution in [0.2, 0.25) is 18.1 Å². The van der Waals surface area contributed by atoms with Crippen molar-refractivity contribution in [2.45, 2.75) is 108 Å². The van der Waals surface area contributed by atoms with Gasteiger partial charge in [0.05, 0.1) is 11.7 Å². The van der Waals surface area contributed by atoms with E-state index in [1.807, 2.05) is 0 Å². The van der Waals surface area contributed by atoms with Gasteiger partial charge in [-0.25, -0.2) is 0 Å². The second-order valence-electron chi connectivity index (χ2n) is 10.8. The topological polar surface area (TPSA) is 38.7 Å². The lowest BCUT2D eigenvalue weighted by molar-refractivity contribution is -0.203. The summed E-state index contributed by atoms with van der Waals surface area (Å²) < 4.78 is 13.8. The number of hydrogen-bond donors (Lipinski definition) is 1. The van der Waals surface area contributed by atoms with Gasteiger partial charge in [0, 0.05) is 12.3 Å². The van der Waals surface area contributed by atoms with Crippen LogP contribution < -0.4 is 0 Å². The highest BCUT2D eigenvalue weighted by Crippen LogP contribution is 2.64. The molecule has 25 heavy (non-hydrogen) atoms. The van der Waals surface area contributed by atoms with E-state index in [9.17, 15) is 5.11 Å². The Hall–Kier alpha value is -0.163. The van der Waals surface area contributed by atoms with Gasteiger partial charge in [0.15, 0.2) is 8.32 Å². The summed E-state index contributed by atoms with van der Waals surface area (Å²) in [6.07, 6.45) is 5.14. The first-order valence-electron chi connectivity index (χ1n) is 10.2. The third-order valence-corrected chi connectivity index (χ3v) is 12.7. The molecule has 1 saturated carbocycles. The molecule has 142 valence electrons. The Bertz CT molecular complexity index is 615. The van der Waals surface area contributed by atoms with Gasteiger partial charge < -0.3 is 14.3 Å². The second kappa shape index (κ2) is 5.21. The minimum Gasteiger partial charge on any atom is -0.411 e. The molecule has 0 aromatic heterocycles. The molecule has 3 fully saturated rings. The van der Waals surface area contributed by atoms with E-state index in [1.165, 1.54) is 24.0 Å². The van der Waals surface area contributed by atoms with Crippen molar-refractivity contribution >= 4 is 8.32 Å². The van der Waals surface area contributed by atoms with Crippen LogP contribution >= 0.6 is 0 Å². The zero-order valence-corrected chi connectivity index (χ0v) is 18.1. The molecule has 2 aliphatic carbocycles. The molecule has 2 bridgehead atoms. The van der Waals surface area contributed by atoms with Gasteiger partial charge >= 0.3 is 0 Å². The molecule has 2 heterocycles. The lowest BCUT2D eigenvalue weighted by atomic mass is 9.76. The molecular formula is C21H36O3Si. The highest BCUT2D eigenvalue weighted by molar-refractivity contribution is 6.74.